The van der Waals surface area contributed by atoms with Crippen molar-refractivity contribution in [1.29, 1.82) is 0 Å². The number of nitrogens with two attached hydrogens (primary N) is 1. The number of nitrogens with one attached hydrogen (secondary N) is 1. The van der Waals surface area contributed by atoms with Crippen LogP contribution in [0.3, 0.4) is 0 Å². The lowest BCUT2D eigenvalue weighted by Crippen LogP contribution is -2.32. The van der Waals surface area contributed by atoms with Crippen molar-refractivity contribution >= 4 is 17.3 Å². The lowest BCUT2D eigenvalue weighted by molar-refractivity contribution is -0.117. The molecule has 0 bridgehead atoms. The maximum absolute atomic E-state index is 12.3. The van der Waals surface area contributed by atoms with Crippen LogP contribution >= 0.6 is 0 Å². The van der Waals surface area contributed by atoms with Crippen LogP contribution in [-0.2, 0) is 11.3 Å². The van der Waals surface area contributed by atoms with Crippen LogP contribution in [0.2, 0.25) is 0 Å². The highest BCUT2D eigenvalue weighted by atomic mass is 16.5. The molecule has 0 fully saturated rings. The molecule has 122 valence electrons. The Kier molecular flexibility index (Phi) is 6.00. The third-order valence-corrected chi connectivity index (χ3v) is 3.56. The number of hydrogen-bond donors (Lipinski definition) is 2. The summed E-state index contributed by atoms with van der Waals surface area (Å²) in [5.41, 5.74) is 8.13. The number of nitrogen functional groups attached to an aromatic ring is 1. The SMILES string of the molecule is CCN(CC(=O)Nc1cc(N)ccc1OC)Cc1ccccc1. The molecule has 0 saturated carbocycles. The molecule has 3 N–H and O–H groups in total. The van der Waals surface area contributed by atoms with E-state index in [1.54, 1.807) is 25.3 Å². The van der Waals surface area contributed by atoms with E-state index in [1.165, 1.54) is 5.56 Å². The van der Waals surface area contributed by atoms with Crippen molar-refractivity contribution in [1.82, 2.24) is 4.90 Å². The first kappa shape index (κ1) is 16.8. The third-order valence-electron chi connectivity index (χ3n) is 3.56. The van der Waals surface area contributed by atoms with Crippen LogP contribution in [-0.4, -0.2) is 31.0 Å². The molecule has 5 heteroatoms. The fourth-order valence-electron chi connectivity index (χ4n) is 2.34. The number of carbonyl (C=O) groups excluding carboxylic acids is 1. The number of benzene rings is 2. The molecule has 0 atom stereocenters. The maximum Gasteiger partial charge on any atom is 0.238 e. The highest BCUT2D eigenvalue weighted by Gasteiger charge is 2.12. The number of rotatable bonds is 7. The second-order valence-electron chi connectivity index (χ2n) is 5.30. The summed E-state index contributed by atoms with van der Waals surface area (Å²) in [6, 6.07) is 15.3. The van der Waals surface area contributed by atoms with Crippen LogP contribution in [0.1, 0.15) is 12.5 Å². The Morgan fingerprint density at radius 3 is 2.61 bits per heavy atom. The molecule has 2 aromatic rings. The van der Waals surface area contributed by atoms with Crippen LogP contribution in [0.25, 0.3) is 0 Å². The average molecular weight is 313 g/mol. The molecule has 0 saturated heterocycles. The highest BCUT2D eigenvalue weighted by molar-refractivity contribution is 5.94. The molecule has 2 rings (SSSR count). The summed E-state index contributed by atoms with van der Waals surface area (Å²) in [4.78, 5) is 14.4. The van der Waals surface area contributed by atoms with E-state index in [0.29, 0.717) is 23.7 Å². The van der Waals surface area contributed by atoms with Crippen LogP contribution in [0.4, 0.5) is 11.4 Å². The standard InChI is InChI=1S/C18H23N3O2/c1-3-21(12-14-7-5-4-6-8-14)13-18(22)20-16-11-15(19)9-10-17(16)23-2/h4-11H,3,12-13,19H2,1-2H3,(H,20,22). The Balaban J connectivity index is 1.99. The number of hydrogen-bond acceptors (Lipinski definition) is 4. The number of nitrogens with zero attached hydrogens (tertiary/aromatic N) is 1. The summed E-state index contributed by atoms with van der Waals surface area (Å²) in [5.74, 6) is 0.505. The molecule has 0 unspecified atom stereocenters. The highest BCUT2D eigenvalue weighted by Crippen LogP contribution is 2.26. The number of methoxy groups -OCH3 is 1. The molecule has 23 heavy (non-hydrogen) atoms. The summed E-state index contributed by atoms with van der Waals surface area (Å²) in [5, 5.41) is 2.87. The smallest absolute Gasteiger partial charge is 0.238 e. The van der Waals surface area contributed by atoms with Gasteiger partial charge in [0, 0.05) is 12.2 Å². The summed E-state index contributed by atoms with van der Waals surface area (Å²) in [6.45, 7) is 3.87. The molecule has 0 spiro atoms. The lowest BCUT2D eigenvalue weighted by Gasteiger charge is -2.20. The van der Waals surface area contributed by atoms with Crippen LogP contribution < -0.4 is 15.8 Å². The number of likely N-dealkylation sites (N-methyl/N-ethyl adjacent to an activating group) is 1. The van der Waals surface area contributed by atoms with Gasteiger partial charge in [0.15, 0.2) is 0 Å². The Morgan fingerprint density at radius 1 is 1.22 bits per heavy atom. The van der Waals surface area contributed by atoms with E-state index < -0.39 is 0 Å². The summed E-state index contributed by atoms with van der Waals surface area (Å²) < 4.78 is 5.24. The molecule has 0 radical (unpaired) electrons. The number of amides is 1. The van der Waals surface area contributed by atoms with Crippen molar-refractivity contribution in [2.75, 3.05) is 31.2 Å². The molecule has 0 aliphatic carbocycles. The molecular weight excluding hydrogens is 290 g/mol. The first-order valence-corrected chi connectivity index (χ1v) is 7.62. The van der Waals surface area contributed by atoms with E-state index >= 15 is 0 Å². The first-order chi connectivity index (χ1) is 11.1. The van der Waals surface area contributed by atoms with Crippen LogP contribution in [0.15, 0.2) is 48.5 Å². The monoisotopic (exact) mass is 313 g/mol. The lowest BCUT2D eigenvalue weighted by atomic mass is 10.2. The number of carbonyl (C=O) groups is 1. The number of ether oxygens (including phenoxy) is 1. The van der Waals surface area contributed by atoms with Crippen molar-refractivity contribution < 1.29 is 9.53 Å². The normalized spacial score (nSPS) is 10.6. The van der Waals surface area contributed by atoms with Gasteiger partial charge in [0.1, 0.15) is 5.75 Å². The molecular formula is C18H23N3O2. The summed E-state index contributed by atoms with van der Waals surface area (Å²) >= 11 is 0. The van der Waals surface area contributed by atoms with Crippen molar-refractivity contribution in [2.45, 2.75) is 13.5 Å². The largest absolute Gasteiger partial charge is 0.495 e. The van der Waals surface area contributed by atoms with E-state index in [0.717, 1.165) is 13.1 Å². The van der Waals surface area contributed by atoms with E-state index in [-0.39, 0.29) is 5.91 Å². The van der Waals surface area contributed by atoms with Gasteiger partial charge < -0.3 is 15.8 Å². The minimum atomic E-state index is -0.0910. The zero-order chi connectivity index (χ0) is 16.7. The van der Waals surface area contributed by atoms with E-state index in [2.05, 4.69) is 22.3 Å². The second-order valence-corrected chi connectivity index (χ2v) is 5.30. The molecule has 0 aromatic heterocycles. The Morgan fingerprint density at radius 2 is 1.96 bits per heavy atom. The second kappa shape index (κ2) is 8.19. The predicted molar refractivity (Wildman–Crippen MR) is 93.4 cm³/mol. The van der Waals surface area contributed by atoms with Crippen molar-refractivity contribution in [3.8, 4) is 5.75 Å². The van der Waals surface area contributed by atoms with Crippen molar-refractivity contribution in [3.63, 3.8) is 0 Å². The van der Waals surface area contributed by atoms with Crippen molar-refractivity contribution in [3.05, 3.63) is 54.1 Å². The van der Waals surface area contributed by atoms with Gasteiger partial charge in [-0.3, -0.25) is 9.69 Å². The predicted octanol–water partition coefficient (Wildman–Crippen LogP) is 2.74. The van der Waals surface area contributed by atoms with Crippen LogP contribution in [0.5, 0.6) is 5.75 Å². The van der Waals surface area contributed by atoms with Crippen LogP contribution in [0, 0.1) is 0 Å². The van der Waals surface area contributed by atoms with Gasteiger partial charge in [-0.15, -0.1) is 0 Å². The van der Waals surface area contributed by atoms with Crippen molar-refractivity contribution in [2.24, 2.45) is 0 Å². The fraction of sp³-hybridized carbons (Fsp3) is 0.278. The van der Waals surface area contributed by atoms with Gasteiger partial charge >= 0.3 is 0 Å². The van der Waals surface area contributed by atoms with Gasteiger partial charge in [-0.05, 0) is 30.3 Å². The molecule has 5 nitrogen and oxygen atoms in total. The van der Waals surface area contributed by atoms with E-state index in [9.17, 15) is 4.79 Å². The molecule has 0 aliphatic heterocycles. The zero-order valence-electron chi connectivity index (χ0n) is 13.6. The quantitative estimate of drug-likeness (QED) is 0.771. The molecule has 0 aliphatic rings. The van der Waals surface area contributed by atoms with Gasteiger partial charge in [0.2, 0.25) is 5.91 Å². The van der Waals surface area contributed by atoms with E-state index in [1.807, 2.05) is 25.1 Å². The Hall–Kier alpha value is -2.53. The van der Waals surface area contributed by atoms with Gasteiger partial charge in [-0.1, -0.05) is 37.3 Å². The molecule has 0 heterocycles. The summed E-state index contributed by atoms with van der Waals surface area (Å²) in [6.07, 6.45) is 0. The van der Waals surface area contributed by atoms with Gasteiger partial charge in [-0.25, -0.2) is 0 Å². The maximum atomic E-state index is 12.3. The minimum absolute atomic E-state index is 0.0910. The molecule has 2 aromatic carbocycles. The molecule has 1 amide bonds. The van der Waals surface area contributed by atoms with Gasteiger partial charge in [0.05, 0.1) is 19.3 Å². The van der Waals surface area contributed by atoms with E-state index in [4.69, 9.17) is 10.5 Å². The average Bonchev–Trinajstić information content (AvgIpc) is 2.55. The minimum Gasteiger partial charge on any atom is -0.495 e. The topological polar surface area (TPSA) is 67.6 Å². The van der Waals surface area contributed by atoms with Gasteiger partial charge in [-0.2, -0.15) is 0 Å². The number of anilines is 2. The zero-order valence-corrected chi connectivity index (χ0v) is 13.6. The third kappa shape index (κ3) is 5.00. The fourth-order valence-corrected chi connectivity index (χ4v) is 2.34. The Labute approximate surface area is 137 Å². The summed E-state index contributed by atoms with van der Waals surface area (Å²) in [7, 11) is 1.56. The first-order valence-electron chi connectivity index (χ1n) is 7.62. The van der Waals surface area contributed by atoms with Gasteiger partial charge in [0.25, 0.3) is 0 Å². The Bertz CT molecular complexity index is 644.